The molecule has 120 valence electrons. The molecule has 1 atom stereocenters. The molecule has 1 amide bonds. The second kappa shape index (κ2) is 7.26. The number of nitrogens with one attached hydrogen (secondary N) is 1. The Kier molecular flexibility index (Phi) is 5.61. The Morgan fingerprint density at radius 3 is 2.91 bits per heavy atom. The third-order valence-corrected chi connectivity index (χ3v) is 4.38. The van der Waals surface area contributed by atoms with Crippen molar-refractivity contribution in [1.82, 2.24) is 9.62 Å². The van der Waals surface area contributed by atoms with E-state index in [-0.39, 0.29) is 11.9 Å². The summed E-state index contributed by atoms with van der Waals surface area (Å²) in [5, 5.41) is 0.616. The van der Waals surface area contributed by atoms with E-state index in [1.807, 2.05) is 12.1 Å². The van der Waals surface area contributed by atoms with Crippen molar-refractivity contribution in [1.29, 1.82) is 0 Å². The molecule has 1 aromatic rings. The molecule has 1 aliphatic heterocycles. The highest BCUT2D eigenvalue weighted by Crippen LogP contribution is 2.14. The SMILES string of the molecule is CS(=O)(=O)N[C@H]1CCCN(C(=O)/C=C/c2cccc(Cl)c2)C1. The smallest absolute Gasteiger partial charge is 0.246 e. The van der Waals surface area contributed by atoms with Crippen molar-refractivity contribution < 1.29 is 13.2 Å². The molecule has 1 heterocycles. The van der Waals surface area contributed by atoms with Gasteiger partial charge in [-0.3, -0.25) is 4.79 Å². The molecule has 0 aliphatic carbocycles. The van der Waals surface area contributed by atoms with Gasteiger partial charge in [-0.05, 0) is 36.6 Å². The number of halogens is 1. The highest BCUT2D eigenvalue weighted by atomic mass is 35.5. The number of carbonyl (C=O) groups excluding carboxylic acids is 1. The fraction of sp³-hybridized carbons (Fsp3) is 0.400. The van der Waals surface area contributed by atoms with Gasteiger partial charge in [-0.15, -0.1) is 0 Å². The van der Waals surface area contributed by atoms with Crippen molar-refractivity contribution >= 4 is 33.6 Å². The molecule has 0 spiro atoms. The van der Waals surface area contributed by atoms with Crippen molar-refractivity contribution in [3.63, 3.8) is 0 Å². The molecular formula is C15H19ClN2O3S. The quantitative estimate of drug-likeness (QED) is 0.850. The zero-order valence-corrected chi connectivity index (χ0v) is 13.9. The maximum atomic E-state index is 12.2. The van der Waals surface area contributed by atoms with Gasteiger partial charge in [-0.1, -0.05) is 23.7 Å². The molecule has 7 heteroatoms. The van der Waals surface area contributed by atoms with E-state index >= 15 is 0 Å². The van der Waals surface area contributed by atoms with E-state index in [1.54, 1.807) is 23.1 Å². The lowest BCUT2D eigenvalue weighted by atomic mass is 10.1. The zero-order chi connectivity index (χ0) is 16.2. The lowest BCUT2D eigenvalue weighted by Crippen LogP contribution is -2.48. The third kappa shape index (κ3) is 5.44. The van der Waals surface area contributed by atoms with E-state index < -0.39 is 10.0 Å². The molecule has 0 aromatic heterocycles. The van der Waals surface area contributed by atoms with Crippen LogP contribution in [0, 0.1) is 0 Å². The van der Waals surface area contributed by atoms with E-state index in [0.717, 1.165) is 24.7 Å². The molecule has 0 saturated carbocycles. The van der Waals surface area contributed by atoms with Gasteiger partial charge in [0, 0.05) is 30.2 Å². The van der Waals surface area contributed by atoms with Crippen LogP contribution in [0.25, 0.3) is 6.08 Å². The van der Waals surface area contributed by atoms with Crippen LogP contribution >= 0.6 is 11.6 Å². The normalized spacial score (nSPS) is 19.5. The summed E-state index contributed by atoms with van der Waals surface area (Å²) >= 11 is 5.90. The fourth-order valence-electron chi connectivity index (χ4n) is 2.46. The maximum absolute atomic E-state index is 12.2. The first kappa shape index (κ1) is 17.0. The van der Waals surface area contributed by atoms with Crippen LogP contribution in [0.4, 0.5) is 0 Å². The summed E-state index contributed by atoms with van der Waals surface area (Å²) < 4.78 is 25.1. The molecular weight excluding hydrogens is 324 g/mol. The number of hydrogen-bond acceptors (Lipinski definition) is 3. The predicted molar refractivity (Wildman–Crippen MR) is 88.1 cm³/mol. The highest BCUT2D eigenvalue weighted by molar-refractivity contribution is 7.88. The van der Waals surface area contributed by atoms with Gasteiger partial charge in [0.1, 0.15) is 0 Å². The molecule has 1 aromatic carbocycles. The first-order valence-electron chi connectivity index (χ1n) is 7.03. The minimum Gasteiger partial charge on any atom is -0.338 e. The van der Waals surface area contributed by atoms with E-state index in [0.29, 0.717) is 18.1 Å². The Bertz CT molecular complexity index is 673. The Labute approximate surface area is 136 Å². The van der Waals surface area contributed by atoms with Gasteiger partial charge in [0.25, 0.3) is 0 Å². The fourth-order valence-corrected chi connectivity index (χ4v) is 3.46. The van der Waals surface area contributed by atoms with Gasteiger partial charge in [0.2, 0.25) is 15.9 Å². The second-order valence-corrected chi connectivity index (χ2v) is 7.62. The minimum absolute atomic E-state index is 0.125. The van der Waals surface area contributed by atoms with E-state index in [4.69, 9.17) is 11.6 Å². The van der Waals surface area contributed by atoms with Crippen molar-refractivity contribution in [2.75, 3.05) is 19.3 Å². The zero-order valence-electron chi connectivity index (χ0n) is 12.3. The summed E-state index contributed by atoms with van der Waals surface area (Å²) in [7, 11) is -3.25. The Morgan fingerprint density at radius 2 is 2.23 bits per heavy atom. The molecule has 1 saturated heterocycles. The first-order chi connectivity index (χ1) is 10.3. The molecule has 5 nitrogen and oxygen atoms in total. The van der Waals surface area contributed by atoms with E-state index in [1.165, 1.54) is 6.08 Å². The first-order valence-corrected chi connectivity index (χ1v) is 9.30. The van der Waals surface area contributed by atoms with Crippen LogP contribution in [0.15, 0.2) is 30.3 Å². The summed E-state index contributed by atoms with van der Waals surface area (Å²) in [5.41, 5.74) is 0.851. The molecule has 2 rings (SSSR count). The molecule has 0 unspecified atom stereocenters. The van der Waals surface area contributed by atoms with Crippen LogP contribution in [-0.4, -0.2) is 44.6 Å². The van der Waals surface area contributed by atoms with Gasteiger partial charge >= 0.3 is 0 Å². The molecule has 22 heavy (non-hydrogen) atoms. The summed E-state index contributed by atoms with van der Waals surface area (Å²) in [5.74, 6) is -0.125. The van der Waals surface area contributed by atoms with Gasteiger partial charge in [-0.2, -0.15) is 0 Å². The maximum Gasteiger partial charge on any atom is 0.246 e. The van der Waals surface area contributed by atoms with Crippen molar-refractivity contribution in [3.05, 3.63) is 40.9 Å². The molecule has 1 N–H and O–H groups in total. The molecule has 1 fully saturated rings. The number of nitrogens with zero attached hydrogens (tertiary/aromatic N) is 1. The lowest BCUT2D eigenvalue weighted by molar-refractivity contribution is -0.127. The van der Waals surface area contributed by atoms with Crippen molar-refractivity contribution in [3.8, 4) is 0 Å². The summed E-state index contributed by atoms with van der Waals surface area (Å²) in [6, 6.07) is 7.01. The summed E-state index contributed by atoms with van der Waals surface area (Å²) in [6.45, 7) is 1.03. The van der Waals surface area contributed by atoms with Crippen LogP contribution in [-0.2, 0) is 14.8 Å². The molecule has 0 radical (unpaired) electrons. The summed E-state index contributed by atoms with van der Waals surface area (Å²) in [4.78, 5) is 13.9. The number of hydrogen-bond donors (Lipinski definition) is 1. The van der Waals surface area contributed by atoms with Crippen molar-refractivity contribution in [2.45, 2.75) is 18.9 Å². The van der Waals surface area contributed by atoms with Gasteiger partial charge in [0.05, 0.1) is 6.26 Å². The number of piperidine rings is 1. The number of carbonyl (C=O) groups is 1. The number of benzene rings is 1. The monoisotopic (exact) mass is 342 g/mol. The van der Waals surface area contributed by atoms with E-state index in [2.05, 4.69) is 4.72 Å². The van der Waals surface area contributed by atoms with E-state index in [9.17, 15) is 13.2 Å². The number of likely N-dealkylation sites (tertiary alicyclic amines) is 1. The molecule has 1 aliphatic rings. The Hall–Kier alpha value is -1.37. The number of amides is 1. The largest absolute Gasteiger partial charge is 0.338 e. The Morgan fingerprint density at radius 1 is 1.45 bits per heavy atom. The average molecular weight is 343 g/mol. The number of rotatable bonds is 4. The van der Waals surface area contributed by atoms with Gasteiger partial charge in [-0.25, -0.2) is 13.1 Å². The second-order valence-electron chi connectivity index (χ2n) is 5.40. The van der Waals surface area contributed by atoms with Crippen LogP contribution in [0.3, 0.4) is 0 Å². The average Bonchev–Trinajstić information content (AvgIpc) is 2.43. The van der Waals surface area contributed by atoms with Crippen LogP contribution in [0.5, 0.6) is 0 Å². The van der Waals surface area contributed by atoms with Crippen LogP contribution in [0.2, 0.25) is 5.02 Å². The summed E-state index contributed by atoms with van der Waals surface area (Å²) in [6.07, 6.45) is 5.86. The molecule has 0 bridgehead atoms. The highest BCUT2D eigenvalue weighted by Gasteiger charge is 2.24. The van der Waals surface area contributed by atoms with Crippen LogP contribution in [0.1, 0.15) is 18.4 Å². The van der Waals surface area contributed by atoms with Crippen molar-refractivity contribution in [2.24, 2.45) is 0 Å². The predicted octanol–water partition coefficient (Wildman–Crippen LogP) is 1.89. The topological polar surface area (TPSA) is 66.5 Å². The standard InChI is InChI=1S/C15H19ClN2O3S/c1-22(20,21)17-14-6-3-9-18(11-14)15(19)8-7-12-4-2-5-13(16)10-12/h2,4-5,7-8,10,14,17H,3,6,9,11H2,1H3/b8-7+/t14-/m0/s1. The lowest BCUT2D eigenvalue weighted by Gasteiger charge is -2.32. The van der Waals surface area contributed by atoms with Crippen LogP contribution < -0.4 is 4.72 Å². The Balaban J connectivity index is 1.97. The van der Waals surface area contributed by atoms with Gasteiger partial charge in [0.15, 0.2) is 0 Å². The third-order valence-electron chi connectivity index (χ3n) is 3.38. The van der Waals surface area contributed by atoms with Gasteiger partial charge < -0.3 is 4.90 Å². The minimum atomic E-state index is -3.25. The number of sulfonamides is 1.